The van der Waals surface area contributed by atoms with Crippen molar-refractivity contribution < 1.29 is 4.79 Å². The first kappa shape index (κ1) is 8.90. The molecule has 0 spiro atoms. The summed E-state index contributed by atoms with van der Waals surface area (Å²) >= 11 is 0. The monoisotopic (exact) mass is 193 g/mol. The van der Waals surface area contributed by atoms with Gasteiger partial charge >= 0.3 is 0 Å². The van der Waals surface area contributed by atoms with Gasteiger partial charge in [-0.2, -0.15) is 0 Å². The summed E-state index contributed by atoms with van der Waals surface area (Å²) in [5.41, 5.74) is 0. The Morgan fingerprint density at radius 3 is 2.00 bits per heavy atom. The maximum Gasteiger partial charge on any atom is 0.136 e. The van der Waals surface area contributed by atoms with E-state index in [9.17, 15) is 4.79 Å². The lowest BCUT2D eigenvalue weighted by Gasteiger charge is -2.38. The predicted octanol–water partition coefficient (Wildman–Crippen LogP) is 2.12. The lowest BCUT2D eigenvalue weighted by Crippen LogP contribution is -2.48. The minimum absolute atomic E-state index is 0.520. The molecule has 3 aliphatic rings. The Kier molecular flexibility index (Phi) is 2.12. The van der Waals surface area contributed by atoms with Crippen LogP contribution < -0.4 is 0 Å². The highest BCUT2D eigenvalue weighted by atomic mass is 16.1. The predicted molar refractivity (Wildman–Crippen MR) is 55.1 cm³/mol. The van der Waals surface area contributed by atoms with Crippen LogP contribution in [0.3, 0.4) is 0 Å². The molecule has 2 heterocycles. The van der Waals surface area contributed by atoms with E-state index >= 15 is 0 Å². The Labute approximate surface area is 85.7 Å². The van der Waals surface area contributed by atoms with E-state index in [0.29, 0.717) is 17.9 Å². The first-order valence-electron chi connectivity index (χ1n) is 6.14. The summed E-state index contributed by atoms with van der Waals surface area (Å²) in [7, 11) is 0. The second-order valence-electron chi connectivity index (χ2n) is 5.22. The molecule has 3 fully saturated rings. The van der Waals surface area contributed by atoms with Crippen molar-refractivity contribution in [2.75, 3.05) is 0 Å². The fraction of sp³-hybridized carbons (Fsp3) is 0.917. The van der Waals surface area contributed by atoms with E-state index < -0.39 is 0 Å². The summed E-state index contributed by atoms with van der Waals surface area (Å²) in [6, 6.07) is 2.09. The molecule has 2 heteroatoms. The Morgan fingerprint density at radius 2 is 1.43 bits per heavy atom. The second kappa shape index (κ2) is 3.34. The lowest BCUT2D eigenvalue weighted by molar-refractivity contribution is -0.124. The Bertz CT molecular complexity index is 229. The van der Waals surface area contributed by atoms with Crippen LogP contribution in [0.5, 0.6) is 0 Å². The van der Waals surface area contributed by atoms with Crippen LogP contribution in [0.2, 0.25) is 0 Å². The average Bonchev–Trinajstić information content (AvgIpc) is 2.72. The molecule has 0 aromatic carbocycles. The highest BCUT2D eigenvalue weighted by Gasteiger charge is 2.43. The molecule has 2 aliphatic heterocycles. The molecule has 2 atom stereocenters. The number of ketones is 1. The van der Waals surface area contributed by atoms with Gasteiger partial charge in [0.2, 0.25) is 0 Å². The number of carbonyl (C=O) groups is 1. The summed E-state index contributed by atoms with van der Waals surface area (Å²) in [5, 5.41) is 0. The first-order valence-corrected chi connectivity index (χ1v) is 6.14. The van der Waals surface area contributed by atoms with Gasteiger partial charge in [-0.25, -0.2) is 0 Å². The molecule has 0 aromatic heterocycles. The second-order valence-corrected chi connectivity index (χ2v) is 5.22. The molecular weight excluding hydrogens is 174 g/mol. The maximum absolute atomic E-state index is 11.5. The van der Waals surface area contributed by atoms with E-state index in [1.54, 1.807) is 0 Å². The smallest absolute Gasteiger partial charge is 0.136 e. The summed E-state index contributed by atoms with van der Waals surface area (Å²) < 4.78 is 0. The van der Waals surface area contributed by atoms with Gasteiger partial charge in [-0.05, 0) is 25.7 Å². The van der Waals surface area contributed by atoms with Crippen molar-refractivity contribution in [3.05, 3.63) is 0 Å². The summed E-state index contributed by atoms with van der Waals surface area (Å²) in [4.78, 5) is 14.2. The number of rotatable bonds is 1. The Hall–Kier alpha value is -0.370. The third-order valence-electron chi connectivity index (χ3n) is 4.35. The number of carbonyl (C=O) groups excluding carboxylic acids is 1. The zero-order chi connectivity index (χ0) is 9.54. The SMILES string of the molecule is O=C1C[C@H]2CC[C@@H](C1)N2C1CCCC1. The largest absolute Gasteiger partial charge is 0.300 e. The standard InChI is InChI=1S/C12H19NO/c14-12-7-10-5-6-11(8-12)13(10)9-3-1-2-4-9/h9-11H,1-8H2/t10-,11+. The molecule has 0 unspecified atom stereocenters. The quantitative estimate of drug-likeness (QED) is 0.636. The summed E-state index contributed by atoms with van der Waals surface area (Å²) in [6.07, 6.45) is 9.88. The normalized spacial score (nSPS) is 39.6. The van der Waals surface area contributed by atoms with Crippen molar-refractivity contribution in [2.24, 2.45) is 0 Å². The van der Waals surface area contributed by atoms with E-state index in [-0.39, 0.29) is 0 Å². The van der Waals surface area contributed by atoms with E-state index in [1.165, 1.54) is 38.5 Å². The number of piperidine rings is 1. The van der Waals surface area contributed by atoms with Crippen molar-refractivity contribution in [3.63, 3.8) is 0 Å². The molecule has 1 saturated carbocycles. The molecule has 2 nitrogen and oxygen atoms in total. The van der Waals surface area contributed by atoms with Gasteiger partial charge in [0.25, 0.3) is 0 Å². The molecule has 0 N–H and O–H groups in total. The van der Waals surface area contributed by atoms with Crippen LogP contribution in [0.25, 0.3) is 0 Å². The summed E-state index contributed by atoms with van der Waals surface area (Å²) in [6.45, 7) is 0. The number of hydrogen-bond acceptors (Lipinski definition) is 2. The zero-order valence-corrected chi connectivity index (χ0v) is 8.74. The number of hydrogen-bond donors (Lipinski definition) is 0. The Morgan fingerprint density at radius 1 is 0.857 bits per heavy atom. The topological polar surface area (TPSA) is 20.3 Å². The molecule has 0 amide bonds. The first-order chi connectivity index (χ1) is 6.84. The molecule has 0 aromatic rings. The molecule has 78 valence electrons. The van der Waals surface area contributed by atoms with Crippen molar-refractivity contribution in [2.45, 2.75) is 69.5 Å². The van der Waals surface area contributed by atoms with Crippen molar-refractivity contribution in [3.8, 4) is 0 Å². The van der Waals surface area contributed by atoms with Gasteiger partial charge in [0.05, 0.1) is 0 Å². The number of Topliss-reactive ketones (excluding diaryl/α,β-unsaturated/α-hetero) is 1. The van der Waals surface area contributed by atoms with E-state index in [1.807, 2.05) is 0 Å². The molecule has 2 saturated heterocycles. The minimum atomic E-state index is 0.520. The van der Waals surface area contributed by atoms with Crippen LogP contribution in [0.1, 0.15) is 51.4 Å². The van der Waals surface area contributed by atoms with Crippen molar-refractivity contribution in [1.29, 1.82) is 0 Å². The zero-order valence-electron chi connectivity index (χ0n) is 8.74. The minimum Gasteiger partial charge on any atom is -0.300 e. The maximum atomic E-state index is 11.5. The molecule has 0 radical (unpaired) electrons. The van der Waals surface area contributed by atoms with Gasteiger partial charge < -0.3 is 0 Å². The van der Waals surface area contributed by atoms with Gasteiger partial charge in [0, 0.05) is 31.0 Å². The van der Waals surface area contributed by atoms with Crippen LogP contribution in [-0.4, -0.2) is 28.8 Å². The highest BCUT2D eigenvalue weighted by molar-refractivity contribution is 5.81. The highest BCUT2D eigenvalue weighted by Crippen LogP contribution is 2.39. The lowest BCUT2D eigenvalue weighted by atomic mass is 9.98. The van der Waals surface area contributed by atoms with E-state index in [0.717, 1.165) is 18.9 Å². The van der Waals surface area contributed by atoms with Gasteiger partial charge in [-0.3, -0.25) is 9.69 Å². The van der Waals surface area contributed by atoms with Crippen LogP contribution >= 0.6 is 0 Å². The molecule has 2 bridgehead atoms. The van der Waals surface area contributed by atoms with Crippen LogP contribution in [0, 0.1) is 0 Å². The van der Waals surface area contributed by atoms with Gasteiger partial charge in [0.15, 0.2) is 0 Å². The van der Waals surface area contributed by atoms with Gasteiger partial charge in [0.1, 0.15) is 5.78 Å². The van der Waals surface area contributed by atoms with Crippen LogP contribution in [0.4, 0.5) is 0 Å². The van der Waals surface area contributed by atoms with Gasteiger partial charge in [-0.1, -0.05) is 12.8 Å². The third kappa shape index (κ3) is 1.31. The fourth-order valence-corrected chi connectivity index (χ4v) is 3.80. The molecule has 14 heavy (non-hydrogen) atoms. The Balaban J connectivity index is 1.77. The fourth-order valence-electron chi connectivity index (χ4n) is 3.80. The van der Waals surface area contributed by atoms with Crippen LogP contribution in [0.15, 0.2) is 0 Å². The van der Waals surface area contributed by atoms with E-state index in [4.69, 9.17) is 0 Å². The van der Waals surface area contributed by atoms with Crippen molar-refractivity contribution in [1.82, 2.24) is 4.90 Å². The van der Waals surface area contributed by atoms with Gasteiger partial charge in [-0.15, -0.1) is 0 Å². The molecular formula is C12H19NO. The number of nitrogens with zero attached hydrogens (tertiary/aromatic N) is 1. The summed E-state index contributed by atoms with van der Waals surface area (Å²) in [5.74, 6) is 0.520. The third-order valence-corrected chi connectivity index (χ3v) is 4.35. The van der Waals surface area contributed by atoms with E-state index in [2.05, 4.69) is 4.90 Å². The number of fused-ring (bicyclic) bond motifs is 2. The molecule has 1 aliphatic carbocycles. The van der Waals surface area contributed by atoms with Crippen molar-refractivity contribution >= 4 is 5.78 Å². The average molecular weight is 193 g/mol. The van der Waals surface area contributed by atoms with Crippen LogP contribution in [-0.2, 0) is 4.79 Å². The molecule has 3 rings (SSSR count).